The van der Waals surface area contributed by atoms with Crippen molar-refractivity contribution in [2.24, 2.45) is 0 Å². The molecule has 0 aromatic carbocycles. The van der Waals surface area contributed by atoms with Crippen LogP contribution in [0.4, 0.5) is 0 Å². The number of rotatable bonds is 1. The Hall–Kier alpha value is -0.270. The van der Waals surface area contributed by atoms with E-state index in [1.165, 1.54) is 0 Å². The van der Waals surface area contributed by atoms with Crippen LogP contribution >= 0.6 is 9.24 Å². The zero-order valence-electron chi connectivity index (χ0n) is 5.00. The Labute approximate surface area is 55.5 Å². The fourth-order valence-electron chi connectivity index (χ4n) is 0.769. The summed E-state index contributed by atoms with van der Waals surface area (Å²) >= 11 is 0. The van der Waals surface area contributed by atoms with Gasteiger partial charge in [-0.05, 0) is 0 Å². The predicted molar refractivity (Wildman–Crippen MR) is 37.3 cm³/mol. The van der Waals surface area contributed by atoms with Crippen molar-refractivity contribution in [2.45, 2.75) is 12.3 Å². The maximum atomic E-state index is 8.96. The van der Waals surface area contributed by atoms with Gasteiger partial charge in [-0.15, -0.1) is 0 Å². The van der Waals surface area contributed by atoms with E-state index >= 15 is 0 Å². The minimum Gasteiger partial charge on any atom is -0.508 e. The lowest BCUT2D eigenvalue weighted by atomic mass is 10.4. The van der Waals surface area contributed by atoms with Gasteiger partial charge in [0.25, 0.3) is 0 Å². The average Bonchev–Trinajstić information content (AvgIpc) is 2.10. The molecular weight excluding hydrogens is 139 g/mol. The summed E-state index contributed by atoms with van der Waals surface area (Å²) in [6, 6.07) is 0. The summed E-state index contributed by atoms with van der Waals surface area (Å²) in [4.78, 5) is 0. The molecule has 0 aromatic heterocycles. The molecule has 0 radical (unpaired) electrons. The lowest BCUT2D eigenvalue weighted by Crippen LogP contribution is -1.96. The van der Waals surface area contributed by atoms with E-state index in [1.54, 1.807) is 9.24 Å². The fraction of sp³-hybridized carbons (Fsp3) is 0.600. The Morgan fingerprint density at radius 3 is 2.67 bits per heavy atom. The van der Waals surface area contributed by atoms with Crippen molar-refractivity contribution in [3.05, 3.63) is 11.5 Å². The molecule has 0 fully saturated rings. The fourth-order valence-corrected chi connectivity index (χ4v) is 1.24. The second-order valence-electron chi connectivity index (χ2n) is 1.97. The van der Waals surface area contributed by atoms with Crippen LogP contribution in [-0.4, -0.2) is 22.7 Å². The molecule has 0 saturated carbocycles. The van der Waals surface area contributed by atoms with E-state index in [4.69, 9.17) is 14.9 Å². The van der Waals surface area contributed by atoms with Crippen molar-refractivity contribution < 1.29 is 14.9 Å². The number of hydrogen-bond donors (Lipinski definition) is 2. The molecule has 2 atom stereocenters. The van der Waals surface area contributed by atoms with Gasteiger partial charge in [0.2, 0.25) is 5.85 Å². The Morgan fingerprint density at radius 1 is 1.78 bits per heavy atom. The summed E-state index contributed by atoms with van der Waals surface area (Å²) in [6.07, 6.45) is 0.536. The van der Waals surface area contributed by atoms with Gasteiger partial charge in [0.15, 0.2) is 5.76 Å². The molecule has 0 bridgehead atoms. The Morgan fingerprint density at radius 2 is 2.44 bits per heavy atom. The monoisotopic (exact) mass is 149 g/mol. The van der Waals surface area contributed by atoms with Gasteiger partial charge in [0.05, 0.1) is 6.42 Å². The number of aliphatic hydroxyl groups is 2. The molecule has 1 rings (SSSR count). The second kappa shape index (κ2) is 2.54. The highest BCUT2D eigenvalue weighted by Crippen LogP contribution is 2.25. The van der Waals surface area contributed by atoms with Crippen molar-refractivity contribution in [1.82, 2.24) is 0 Å². The molecule has 1 aliphatic rings. The first-order valence-corrected chi connectivity index (χ1v) is 3.57. The van der Waals surface area contributed by atoms with Crippen molar-refractivity contribution >= 4 is 9.24 Å². The molecule has 0 aliphatic carbocycles. The highest BCUT2D eigenvalue weighted by atomic mass is 31.0. The van der Waals surface area contributed by atoms with E-state index in [1.807, 2.05) is 0 Å². The lowest BCUT2D eigenvalue weighted by molar-refractivity contribution is 0.164. The highest BCUT2D eigenvalue weighted by Gasteiger charge is 2.23. The minimum absolute atomic E-state index is 0.0483. The van der Waals surface area contributed by atoms with Gasteiger partial charge >= 0.3 is 0 Å². The highest BCUT2D eigenvalue weighted by molar-refractivity contribution is 7.17. The molecule has 0 spiro atoms. The second-order valence-corrected chi connectivity index (χ2v) is 2.88. The Kier molecular flexibility index (Phi) is 1.94. The van der Waals surface area contributed by atoms with Crippen LogP contribution in [0.1, 0.15) is 6.42 Å². The third kappa shape index (κ3) is 1.35. The zero-order valence-corrected chi connectivity index (χ0v) is 6.42. The summed E-state index contributed by atoms with van der Waals surface area (Å²) in [5, 5.41) is 17.5. The first kappa shape index (κ1) is 6.84. The normalized spacial score (nSPS) is 27.0. The van der Waals surface area contributed by atoms with Crippen LogP contribution in [0.2, 0.25) is 0 Å². The summed E-state index contributed by atoms with van der Waals surface area (Å²) in [7, 11) is 1.66. The van der Waals surface area contributed by atoms with Crippen molar-refractivity contribution in [1.29, 1.82) is 0 Å². The maximum Gasteiger partial charge on any atom is 0.205 e. The molecule has 0 aromatic rings. The largest absolute Gasteiger partial charge is 0.508 e. The third-order valence-electron chi connectivity index (χ3n) is 1.20. The molecule has 4 heteroatoms. The van der Waals surface area contributed by atoms with Gasteiger partial charge in [0, 0.05) is 9.24 Å². The first-order chi connectivity index (χ1) is 4.24. The molecule has 1 aliphatic heterocycles. The molecule has 0 amide bonds. The Balaban J connectivity index is 2.58. The lowest BCUT2D eigenvalue weighted by Gasteiger charge is -1.98. The molecule has 9 heavy (non-hydrogen) atoms. The van der Waals surface area contributed by atoms with Crippen LogP contribution < -0.4 is 0 Å². The van der Waals surface area contributed by atoms with Gasteiger partial charge in [-0.3, -0.25) is 0 Å². The summed E-state index contributed by atoms with van der Waals surface area (Å²) in [5.74, 6) is 0.569. The van der Waals surface area contributed by atoms with Crippen molar-refractivity contribution in [3.63, 3.8) is 0 Å². The van der Waals surface area contributed by atoms with E-state index in [2.05, 4.69) is 0 Å². The summed E-state index contributed by atoms with van der Waals surface area (Å²) in [5.41, 5.74) is 0. The van der Waals surface area contributed by atoms with E-state index in [-0.39, 0.29) is 18.2 Å². The van der Waals surface area contributed by atoms with Gasteiger partial charge in [-0.25, -0.2) is 0 Å². The van der Waals surface area contributed by atoms with Gasteiger partial charge in [0.1, 0.15) is 12.4 Å². The SMILES string of the molecule is OCC1=C(O)CC([PH3+])O1. The van der Waals surface area contributed by atoms with Gasteiger partial charge in [-0.1, -0.05) is 0 Å². The zero-order chi connectivity index (χ0) is 6.85. The van der Waals surface area contributed by atoms with Crippen molar-refractivity contribution in [2.75, 3.05) is 6.61 Å². The van der Waals surface area contributed by atoms with E-state index in [0.717, 1.165) is 0 Å². The van der Waals surface area contributed by atoms with E-state index < -0.39 is 0 Å². The smallest absolute Gasteiger partial charge is 0.205 e. The van der Waals surface area contributed by atoms with E-state index in [9.17, 15) is 0 Å². The van der Waals surface area contributed by atoms with Gasteiger partial charge in [-0.2, -0.15) is 0 Å². The minimum atomic E-state index is -0.194. The maximum absolute atomic E-state index is 8.96. The quantitative estimate of drug-likeness (QED) is 0.520. The van der Waals surface area contributed by atoms with Crippen LogP contribution in [0.3, 0.4) is 0 Å². The third-order valence-corrected chi connectivity index (χ3v) is 1.65. The number of aliphatic hydroxyl groups excluding tert-OH is 2. The molecular formula is C5H10O3P+. The van der Waals surface area contributed by atoms with E-state index in [0.29, 0.717) is 12.2 Å². The molecule has 2 N–H and O–H groups in total. The van der Waals surface area contributed by atoms with Crippen LogP contribution in [0, 0.1) is 0 Å². The molecule has 3 nitrogen and oxygen atoms in total. The van der Waals surface area contributed by atoms with Gasteiger partial charge < -0.3 is 14.9 Å². The number of hydrogen-bond acceptors (Lipinski definition) is 3. The van der Waals surface area contributed by atoms with Crippen LogP contribution in [-0.2, 0) is 4.74 Å². The standard InChI is InChI=1S/C5H9O3P/c6-2-4-3(7)1-5(9)8-4/h5-7H,1-2,9H2/p+1. The predicted octanol–water partition coefficient (Wildman–Crippen LogP) is 0.102. The molecule has 1 heterocycles. The Bertz CT molecular complexity index is 143. The average molecular weight is 149 g/mol. The first-order valence-electron chi connectivity index (χ1n) is 2.75. The van der Waals surface area contributed by atoms with Crippen LogP contribution in [0.5, 0.6) is 0 Å². The molecule has 52 valence electrons. The summed E-state index contributed by atoms with van der Waals surface area (Å²) < 4.78 is 5.01. The number of ether oxygens (including phenoxy) is 1. The van der Waals surface area contributed by atoms with Crippen LogP contribution in [0.15, 0.2) is 11.5 Å². The van der Waals surface area contributed by atoms with Crippen LogP contribution in [0.25, 0.3) is 0 Å². The molecule has 0 saturated heterocycles. The van der Waals surface area contributed by atoms with Crippen molar-refractivity contribution in [3.8, 4) is 0 Å². The topological polar surface area (TPSA) is 49.7 Å². The summed E-state index contributed by atoms with van der Waals surface area (Å²) in [6.45, 7) is -0.194. The molecule has 2 unspecified atom stereocenters.